The average molecular weight is 239 g/mol. The van der Waals surface area contributed by atoms with Crippen LogP contribution in [0.1, 0.15) is 59.2 Å². The molecule has 1 aromatic heterocycles. The monoisotopic (exact) mass is 239 g/mol. The first kappa shape index (κ1) is 14.2. The van der Waals surface area contributed by atoms with E-state index in [1.807, 2.05) is 4.57 Å². The Balaban J connectivity index is 2.95. The molecule has 1 heterocycles. The van der Waals surface area contributed by atoms with Crippen LogP contribution < -0.4 is 0 Å². The van der Waals surface area contributed by atoms with Crippen molar-refractivity contribution in [3.05, 3.63) is 11.6 Å². The van der Waals surface area contributed by atoms with Gasteiger partial charge in [-0.05, 0) is 25.2 Å². The molecule has 0 fully saturated rings. The van der Waals surface area contributed by atoms with Crippen molar-refractivity contribution in [1.82, 2.24) is 14.8 Å². The van der Waals surface area contributed by atoms with Crippen molar-refractivity contribution in [2.45, 2.75) is 60.6 Å². The first-order valence-electron chi connectivity index (χ1n) is 6.30. The third-order valence-corrected chi connectivity index (χ3v) is 3.46. The Morgan fingerprint density at radius 2 is 1.65 bits per heavy atom. The van der Waals surface area contributed by atoms with Gasteiger partial charge < -0.3 is 9.67 Å². The van der Waals surface area contributed by atoms with Crippen molar-refractivity contribution >= 4 is 0 Å². The molecule has 0 saturated carbocycles. The van der Waals surface area contributed by atoms with Crippen LogP contribution in [0, 0.1) is 11.3 Å². The fraction of sp³-hybridized carbons (Fsp3) is 0.846. The van der Waals surface area contributed by atoms with E-state index in [4.69, 9.17) is 0 Å². The maximum atomic E-state index is 9.25. The lowest BCUT2D eigenvalue weighted by molar-refractivity contribution is 0.248. The van der Waals surface area contributed by atoms with Crippen molar-refractivity contribution in [2.75, 3.05) is 0 Å². The molecule has 4 heteroatoms. The highest BCUT2D eigenvalue weighted by Gasteiger charge is 2.24. The van der Waals surface area contributed by atoms with Gasteiger partial charge in [-0.25, -0.2) is 0 Å². The van der Waals surface area contributed by atoms with E-state index in [9.17, 15) is 5.11 Å². The van der Waals surface area contributed by atoms with Crippen LogP contribution in [-0.4, -0.2) is 19.9 Å². The normalized spacial score (nSPS) is 14.4. The van der Waals surface area contributed by atoms with E-state index >= 15 is 0 Å². The van der Waals surface area contributed by atoms with Gasteiger partial charge in [-0.15, -0.1) is 10.2 Å². The third kappa shape index (κ3) is 3.28. The van der Waals surface area contributed by atoms with Crippen molar-refractivity contribution in [1.29, 1.82) is 0 Å². The smallest absolute Gasteiger partial charge is 0.159 e. The summed E-state index contributed by atoms with van der Waals surface area (Å²) >= 11 is 0. The fourth-order valence-electron chi connectivity index (χ4n) is 1.78. The quantitative estimate of drug-likeness (QED) is 0.878. The Morgan fingerprint density at radius 1 is 1.12 bits per heavy atom. The molecule has 0 aliphatic carbocycles. The minimum Gasteiger partial charge on any atom is -0.388 e. The molecule has 17 heavy (non-hydrogen) atoms. The summed E-state index contributed by atoms with van der Waals surface area (Å²) in [5.74, 6) is 2.17. The van der Waals surface area contributed by atoms with Gasteiger partial charge in [0.1, 0.15) is 12.4 Å². The summed E-state index contributed by atoms with van der Waals surface area (Å²) < 4.78 is 2.04. The molecule has 0 aliphatic heterocycles. The van der Waals surface area contributed by atoms with Gasteiger partial charge in [0.15, 0.2) is 5.82 Å². The van der Waals surface area contributed by atoms with Crippen molar-refractivity contribution < 1.29 is 5.11 Å². The van der Waals surface area contributed by atoms with Crippen LogP contribution in [0.4, 0.5) is 0 Å². The maximum Gasteiger partial charge on any atom is 0.159 e. The predicted octanol–water partition coefficient (Wildman–Crippen LogP) is 2.58. The van der Waals surface area contributed by atoms with E-state index in [-0.39, 0.29) is 18.1 Å². The largest absolute Gasteiger partial charge is 0.388 e. The van der Waals surface area contributed by atoms with Crippen LogP contribution in [0.2, 0.25) is 0 Å². The average Bonchev–Trinajstić information content (AvgIpc) is 2.59. The van der Waals surface area contributed by atoms with Gasteiger partial charge in [0, 0.05) is 12.5 Å². The van der Waals surface area contributed by atoms with Crippen molar-refractivity contribution in [3.8, 4) is 0 Å². The van der Waals surface area contributed by atoms with Gasteiger partial charge in [-0.3, -0.25) is 0 Å². The van der Waals surface area contributed by atoms with Gasteiger partial charge in [0.2, 0.25) is 0 Å². The molecule has 1 aromatic rings. The summed E-state index contributed by atoms with van der Waals surface area (Å²) in [4.78, 5) is 0. The number of rotatable bonds is 4. The molecule has 0 aromatic carbocycles. The lowest BCUT2D eigenvalue weighted by atomic mass is 9.80. The van der Waals surface area contributed by atoms with Crippen molar-refractivity contribution in [2.24, 2.45) is 11.3 Å². The first-order chi connectivity index (χ1) is 7.77. The predicted molar refractivity (Wildman–Crippen MR) is 68.7 cm³/mol. The zero-order chi connectivity index (χ0) is 13.2. The zero-order valence-electron chi connectivity index (χ0n) is 11.9. The molecule has 0 amide bonds. The molecule has 0 saturated heterocycles. The lowest BCUT2D eigenvalue weighted by Crippen LogP contribution is -2.22. The minimum absolute atomic E-state index is 0.0465. The molecule has 0 bridgehead atoms. The third-order valence-electron chi connectivity index (χ3n) is 3.46. The summed E-state index contributed by atoms with van der Waals surface area (Å²) in [6.45, 7) is 13.1. The highest BCUT2D eigenvalue weighted by molar-refractivity contribution is 4.99. The number of aliphatic hydroxyl groups is 1. The molecule has 0 spiro atoms. The summed E-state index contributed by atoms with van der Waals surface area (Å²) in [5.41, 5.74) is 0.257. The molecule has 0 aliphatic rings. The maximum absolute atomic E-state index is 9.25. The lowest BCUT2D eigenvalue weighted by Gasteiger charge is -2.27. The Kier molecular flexibility index (Phi) is 4.31. The highest BCUT2D eigenvalue weighted by atomic mass is 16.3. The Labute approximate surface area is 104 Å². The van der Waals surface area contributed by atoms with Crippen molar-refractivity contribution in [3.63, 3.8) is 0 Å². The molecule has 1 N–H and O–H groups in total. The molecular weight excluding hydrogens is 214 g/mol. The van der Waals surface area contributed by atoms with Gasteiger partial charge in [-0.2, -0.15) is 0 Å². The fourth-order valence-corrected chi connectivity index (χ4v) is 1.78. The first-order valence-corrected chi connectivity index (χ1v) is 6.30. The number of aliphatic hydroxyl groups excluding tert-OH is 1. The molecule has 98 valence electrons. The molecule has 4 nitrogen and oxygen atoms in total. The summed E-state index contributed by atoms with van der Waals surface area (Å²) in [6.07, 6.45) is 0.898. The van der Waals surface area contributed by atoms with E-state index in [1.165, 1.54) is 0 Å². The summed E-state index contributed by atoms with van der Waals surface area (Å²) in [6, 6.07) is 0.286. The van der Waals surface area contributed by atoms with E-state index in [1.54, 1.807) is 0 Å². The summed E-state index contributed by atoms with van der Waals surface area (Å²) in [7, 11) is 0. The Morgan fingerprint density at radius 3 is 2.06 bits per heavy atom. The van der Waals surface area contributed by atoms with Crippen LogP contribution in [0.3, 0.4) is 0 Å². The number of hydrogen-bond acceptors (Lipinski definition) is 3. The topological polar surface area (TPSA) is 50.9 Å². The van der Waals surface area contributed by atoms with Crippen LogP contribution in [0.5, 0.6) is 0 Å². The minimum atomic E-state index is -0.0465. The Hall–Kier alpha value is -0.900. The van der Waals surface area contributed by atoms with Crippen LogP contribution in [0.15, 0.2) is 0 Å². The van der Waals surface area contributed by atoms with Gasteiger partial charge in [0.25, 0.3) is 0 Å². The molecule has 1 rings (SSSR count). The SMILES string of the molecule is CC(C)n1c(CO)nnc1CC(C)C(C)(C)C. The zero-order valence-corrected chi connectivity index (χ0v) is 11.9. The second-order valence-electron chi connectivity index (χ2n) is 6.13. The van der Waals surface area contributed by atoms with Gasteiger partial charge in [-0.1, -0.05) is 27.7 Å². The standard InChI is InChI=1S/C13H25N3O/c1-9(2)16-11(14-15-12(16)8-17)7-10(3)13(4,5)6/h9-10,17H,7-8H2,1-6H3. The van der Waals surface area contributed by atoms with E-state index in [0.717, 1.165) is 12.2 Å². The van der Waals surface area contributed by atoms with E-state index in [2.05, 4.69) is 51.7 Å². The summed E-state index contributed by atoms with van der Waals surface area (Å²) in [5, 5.41) is 17.5. The second kappa shape index (κ2) is 5.17. The number of aromatic nitrogens is 3. The van der Waals surface area contributed by atoms with E-state index < -0.39 is 0 Å². The van der Waals surface area contributed by atoms with Gasteiger partial charge in [0.05, 0.1) is 0 Å². The highest BCUT2D eigenvalue weighted by Crippen LogP contribution is 2.28. The molecule has 0 radical (unpaired) electrons. The van der Waals surface area contributed by atoms with Crippen LogP contribution in [0.25, 0.3) is 0 Å². The van der Waals surface area contributed by atoms with Gasteiger partial charge >= 0.3 is 0 Å². The Bertz CT molecular complexity index is 363. The molecule has 1 unspecified atom stereocenters. The molecule has 1 atom stereocenters. The van der Waals surface area contributed by atoms with Crippen LogP contribution in [-0.2, 0) is 13.0 Å². The number of hydrogen-bond donors (Lipinski definition) is 1. The van der Waals surface area contributed by atoms with E-state index in [0.29, 0.717) is 11.7 Å². The number of nitrogens with zero attached hydrogens (tertiary/aromatic N) is 3. The second-order valence-corrected chi connectivity index (χ2v) is 6.13. The molecular formula is C13H25N3O. The van der Waals surface area contributed by atoms with Crippen LogP contribution >= 0.6 is 0 Å².